The lowest BCUT2D eigenvalue weighted by Gasteiger charge is -2.23. The molecule has 1 aromatic carbocycles. The third-order valence-corrected chi connectivity index (χ3v) is 5.51. The maximum Gasteiger partial charge on any atom is 0.226 e. The van der Waals surface area contributed by atoms with Crippen LogP contribution in [0.15, 0.2) is 53.2 Å². The molecule has 3 heterocycles. The highest BCUT2D eigenvalue weighted by Gasteiger charge is 2.24. The van der Waals surface area contributed by atoms with Crippen LogP contribution in [-0.2, 0) is 11.2 Å². The molecule has 0 radical (unpaired) electrons. The first-order chi connectivity index (χ1) is 13.7. The molecule has 4 rings (SSSR count). The van der Waals surface area contributed by atoms with E-state index in [-0.39, 0.29) is 0 Å². The molecule has 0 N–H and O–H groups in total. The van der Waals surface area contributed by atoms with Gasteiger partial charge in [-0.05, 0) is 55.6 Å². The molecule has 1 fully saturated rings. The van der Waals surface area contributed by atoms with E-state index in [0.717, 1.165) is 54.3 Å². The molecule has 146 valence electrons. The number of oxazole rings is 1. The van der Waals surface area contributed by atoms with E-state index in [1.807, 2.05) is 19.2 Å². The number of aromatic nitrogens is 2. The zero-order chi connectivity index (χ0) is 19.3. The molecule has 0 unspecified atom stereocenters. The lowest BCUT2D eigenvalue weighted by molar-refractivity contribution is 0.116. The number of nitrogens with zero attached hydrogens (tertiary/aromatic N) is 3. The monoisotopic (exact) mass is 377 g/mol. The van der Waals surface area contributed by atoms with Gasteiger partial charge in [-0.25, -0.2) is 4.98 Å². The summed E-state index contributed by atoms with van der Waals surface area (Å²) in [5, 5.41) is 0. The molecule has 1 atom stereocenters. The van der Waals surface area contributed by atoms with Crippen LogP contribution in [0.3, 0.4) is 0 Å². The van der Waals surface area contributed by atoms with Crippen molar-refractivity contribution < 1.29 is 9.15 Å². The number of benzene rings is 1. The second-order valence-electron chi connectivity index (χ2n) is 7.38. The minimum atomic E-state index is 0.539. The Morgan fingerprint density at radius 2 is 1.96 bits per heavy atom. The molecule has 0 saturated carbocycles. The topological polar surface area (TPSA) is 51.4 Å². The molecule has 5 heteroatoms. The van der Waals surface area contributed by atoms with E-state index in [0.29, 0.717) is 11.9 Å². The normalized spacial score (nSPS) is 17.3. The first-order valence-electron chi connectivity index (χ1n) is 9.94. The Hall–Kier alpha value is -2.50. The molecule has 1 aliphatic rings. The predicted octanol–water partition coefficient (Wildman–Crippen LogP) is 4.37. The number of pyridine rings is 1. The Balaban J connectivity index is 1.44. The number of likely N-dealkylation sites (tertiary alicyclic amines) is 1. The van der Waals surface area contributed by atoms with Crippen LogP contribution in [0.1, 0.15) is 24.3 Å². The second-order valence-corrected chi connectivity index (χ2v) is 7.38. The molecule has 5 nitrogen and oxygen atoms in total. The van der Waals surface area contributed by atoms with E-state index in [1.54, 1.807) is 13.3 Å². The Morgan fingerprint density at radius 1 is 1.14 bits per heavy atom. The van der Waals surface area contributed by atoms with Gasteiger partial charge in [0.25, 0.3) is 0 Å². The van der Waals surface area contributed by atoms with Gasteiger partial charge in [0.2, 0.25) is 5.89 Å². The molecule has 0 aliphatic carbocycles. The molecule has 1 saturated heterocycles. The first kappa shape index (κ1) is 18.8. The Kier molecular flexibility index (Phi) is 5.84. The maximum absolute atomic E-state index is 5.97. The average molecular weight is 377 g/mol. The first-order valence-corrected chi connectivity index (χ1v) is 9.94. The summed E-state index contributed by atoms with van der Waals surface area (Å²) in [4.78, 5) is 11.5. The van der Waals surface area contributed by atoms with Crippen molar-refractivity contribution in [1.82, 2.24) is 14.9 Å². The van der Waals surface area contributed by atoms with Gasteiger partial charge in [-0.3, -0.25) is 9.88 Å². The lowest BCUT2D eigenvalue weighted by Crippen LogP contribution is -2.34. The summed E-state index contributed by atoms with van der Waals surface area (Å²) in [6.07, 6.45) is 7.04. The van der Waals surface area contributed by atoms with Crippen LogP contribution in [0.5, 0.6) is 0 Å². The van der Waals surface area contributed by atoms with Crippen LogP contribution in [0.2, 0.25) is 0 Å². The van der Waals surface area contributed by atoms with Gasteiger partial charge in [0, 0.05) is 44.1 Å². The van der Waals surface area contributed by atoms with Gasteiger partial charge in [-0.1, -0.05) is 18.2 Å². The van der Waals surface area contributed by atoms with Crippen LogP contribution >= 0.6 is 0 Å². The molecule has 0 bridgehead atoms. The zero-order valence-electron chi connectivity index (χ0n) is 16.6. The summed E-state index contributed by atoms with van der Waals surface area (Å²) in [5.74, 6) is 1.61. The van der Waals surface area contributed by atoms with Crippen molar-refractivity contribution >= 4 is 0 Å². The summed E-state index contributed by atoms with van der Waals surface area (Å²) < 4.78 is 11.3. The molecular formula is C23H27N3O2. The lowest BCUT2D eigenvalue weighted by atomic mass is 10.1. The van der Waals surface area contributed by atoms with E-state index < -0.39 is 0 Å². The second kappa shape index (κ2) is 8.67. The van der Waals surface area contributed by atoms with Crippen LogP contribution in [-0.4, -0.2) is 47.7 Å². The highest BCUT2D eigenvalue weighted by molar-refractivity contribution is 5.66. The van der Waals surface area contributed by atoms with Crippen molar-refractivity contribution in [2.24, 2.45) is 0 Å². The van der Waals surface area contributed by atoms with Crippen molar-refractivity contribution in [2.45, 2.75) is 32.2 Å². The van der Waals surface area contributed by atoms with E-state index >= 15 is 0 Å². The number of hydrogen-bond acceptors (Lipinski definition) is 5. The van der Waals surface area contributed by atoms with E-state index in [1.165, 1.54) is 12.8 Å². The molecule has 3 aromatic rings. The summed E-state index contributed by atoms with van der Waals surface area (Å²) in [6, 6.07) is 12.8. The summed E-state index contributed by atoms with van der Waals surface area (Å²) in [5.41, 5.74) is 4.29. The van der Waals surface area contributed by atoms with E-state index in [2.05, 4.69) is 40.2 Å². The van der Waals surface area contributed by atoms with Gasteiger partial charge in [0.05, 0.1) is 12.3 Å². The molecule has 2 aromatic heterocycles. The largest absolute Gasteiger partial charge is 0.441 e. The maximum atomic E-state index is 5.97. The fraction of sp³-hybridized carbons (Fsp3) is 0.391. The highest BCUT2D eigenvalue weighted by Crippen LogP contribution is 2.26. The van der Waals surface area contributed by atoms with Gasteiger partial charge in [0.15, 0.2) is 0 Å². The number of aryl methyl sites for hydroxylation is 1. The van der Waals surface area contributed by atoms with Crippen molar-refractivity contribution in [3.8, 4) is 22.6 Å². The van der Waals surface area contributed by atoms with Gasteiger partial charge >= 0.3 is 0 Å². The fourth-order valence-corrected chi connectivity index (χ4v) is 3.94. The highest BCUT2D eigenvalue weighted by atomic mass is 16.5. The minimum Gasteiger partial charge on any atom is -0.441 e. The van der Waals surface area contributed by atoms with Gasteiger partial charge < -0.3 is 9.15 Å². The summed E-state index contributed by atoms with van der Waals surface area (Å²) in [7, 11) is 1.78. The van der Waals surface area contributed by atoms with Crippen molar-refractivity contribution in [3.05, 3.63) is 60.2 Å². The van der Waals surface area contributed by atoms with E-state index in [4.69, 9.17) is 14.1 Å². The summed E-state index contributed by atoms with van der Waals surface area (Å²) in [6.45, 7) is 4.97. The zero-order valence-corrected chi connectivity index (χ0v) is 16.6. The van der Waals surface area contributed by atoms with Crippen molar-refractivity contribution in [3.63, 3.8) is 0 Å². The summed E-state index contributed by atoms with van der Waals surface area (Å²) >= 11 is 0. The smallest absolute Gasteiger partial charge is 0.226 e. The third kappa shape index (κ3) is 4.16. The number of rotatable bonds is 7. The van der Waals surface area contributed by atoms with Crippen LogP contribution < -0.4 is 0 Å². The Labute approximate surface area is 166 Å². The van der Waals surface area contributed by atoms with E-state index in [9.17, 15) is 0 Å². The van der Waals surface area contributed by atoms with Crippen molar-refractivity contribution in [2.75, 3.05) is 26.8 Å². The Morgan fingerprint density at radius 3 is 2.71 bits per heavy atom. The number of methoxy groups -OCH3 is 1. The predicted molar refractivity (Wildman–Crippen MR) is 110 cm³/mol. The van der Waals surface area contributed by atoms with Crippen LogP contribution in [0, 0.1) is 6.92 Å². The van der Waals surface area contributed by atoms with Gasteiger partial charge in [-0.15, -0.1) is 0 Å². The van der Waals surface area contributed by atoms with Crippen molar-refractivity contribution in [1.29, 1.82) is 0 Å². The molecule has 28 heavy (non-hydrogen) atoms. The standard InChI is InChI=1S/C23H27N3O2/c1-17-22(11-14-26-13-4-6-21(26)16-27-2)25-23(28-17)19-9-7-18(8-10-19)20-5-3-12-24-15-20/h3,5,7-10,12,15,21H,4,6,11,13-14,16H2,1-2H3/t21-/m0/s1. The number of ether oxygens (including phenoxy) is 1. The molecule has 1 aliphatic heterocycles. The SMILES string of the molecule is COC[C@@H]1CCCN1CCc1nc(-c2ccc(-c3cccnc3)cc2)oc1C. The molecular weight excluding hydrogens is 350 g/mol. The number of hydrogen-bond donors (Lipinski definition) is 0. The average Bonchev–Trinajstić information content (AvgIpc) is 3.33. The van der Waals surface area contributed by atoms with Crippen LogP contribution in [0.25, 0.3) is 22.6 Å². The van der Waals surface area contributed by atoms with Crippen LogP contribution in [0.4, 0.5) is 0 Å². The molecule has 0 spiro atoms. The molecule has 0 amide bonds. The van der Waals surface area contributed by atoms with Gasteiger partial charge in [-0.2, -0.15) is 0 Å². The third-order valence-electron chi connectivity index (χ3n) is 5.51. The van der Waals surface area contributed by atoms with Gasteiger partial charge in [0.1, 0.15) is 5.76 Å². The Bertz CT molecular complexity index is 890. The quantitative estimate of drug-likeness (QED) is 0.612. The minimum absolute atomic E-state index is 0.539. The fourth-order valence-electron chi connectivity index (χ4n) is 3.94.